The van der Waals surface area contributed by atoms with Crippen LogP contribution in [0.25, 0.3) is 0 Å². The van der Waals surface area contributed by atoms with Gasteiger partial charge in [0.05, 0.1) is 10.9 Å². The zero-order valence-corrected chi connectivity index (χ0v) is 18.7. The fourth-order valence-corrected chi connectivity index (χ4v) is 8.83. The second kappa shape index (κ2) is 6.05. The van der Waals surface area contributed by atoms with Crippen LogP contribution in [-0.2, 0) is 4.79 Å². The van der Waals surface area contributed by atoms with Crippen LogP contribution < -0.4 is 0 Å². The monoisotopic (exact) mass is 424 g/mol. The van der Waals surface area contributed by atoms with Gasteiger partial charge in [0.15, 0.2) is 0 Å². The Morgan fingerprint density at radius 2 is 1.62 bits per heavy atom. The van der Waals surface area contributed by atoms with E-state index in [9.17, 15) is 9.90 Å². The van der Waals surface area contributed by atoms with Crippen LogP contribution in [0.2, 0.25) is 0 Å². The van der Waals surface area contributed by atoms with Gasteiger partial charge in [-0.25, -0.2) is 0 Å². The number of fused-ring (bicyclic) bond motifs is 5. The van der Waals surface area contributed by atoms with Crippen LogP contribution in [0.15, 0.2) is 0 Å². The van der Waals surface area contributed by atoms with Crippen molar-refractivity contribution in [2.24, 2.45) is 39.9 Å². The normalized spacial score (nSPS) is 56.4. The number of halogens is 1. The minimum absolute atomic E-state index is 0.183. The van der Waals surface area contributed by atoms with E-state index in [1.807, 2.05) is 6.92 Å². The maximum atomic E-state index is 12.7. The van der Waals surface area contributed by atoms with Gasteiger partial charge in [0.1, 0.15) is 5.78 Å². The van der Waals surface area contributed by atoms with Crippen LogP contribution >= 0.6 is 15.9 Å². The van der Waals surface area contributed by atoms with Crippen molar-refractivity contribution in [1.82, 2.24) is 0 Å². The molecule has 0 amide bonds. The molecule has 148 valence electrons. The molecule has 4 aliphatic rings. The van der Waals surface area contributed by atoms with Crippen molar-refractivity contribution in [3.8, 4) is 0 Å². The van der Waals surface area contributed by atoms with Crippen molar-refractivity contribution in [3.63, 3.8) is 0 Å². The Hall–Kier alpha value is 0.110. The Morgan fingerprint density at radius 3 is 2.31 bits per heavy atom. The Kier molecular flexibility index (Phi) is 4.52. The molecule has 4 aliphatic carbocycles. The van der Waals surface area contributed by atoms with Gasteiger partial charge in [-0.3, -0.25) is 4.79 Å². The predicted octanol–water partition coefficient (Wildman–Crippen LogP) is 5.75. The van der Waals surface area contributed by atoms with E-state index < -0.39 is 5.60 Å². The Labute approximate surface area is 168 Å². The Morgan fingerprint density at radius 1 is 0.923 bits per heavy atom. The molecule has 0 spiro atoms. The first-order valence-electron chi connectivity index (χ1n) is 10.9. The summed E-state index contributed by atoms with van der Waals surface area (Å²) in [7, 11) is 0. The van der Waals surface area contributed by atoms with Gasteiger partial charge < -0.3 is 5.11 Å². The molecule has 0 heterocycles. The van der Waals surface area contributed by atoms with Crippen LogP contribution in [0.3, 0.4) is 0 Å². The average molecular weight is 425 g/mol. The van der Waals surface area contributed by atoms with Crippen molar-refractivity contribution < 1.29 is 9.90 Å². The Bertz CT molecular complexity index is 601. The highest BCUT2D eigenvalue weighted by molar-refractivity contribution is 9.09. The highest BCUT2D eigenvalue weighted by Crippen LogP contribution is 2.73. The topological polar surface area (TPSA) is 37.3 Å². The molecule has 4 fully saturated rings. The lowest BCUT2D eigenvalue weighted by Crippen LogP contribution is -2.59. The molecule has 3 unspecified atom stereocenters. The fraction of sp³-hybridized carbons (Fsp3) is 0.957. The zero-order chi connectivity index (χ0) is 19.0. The third kappa shape index (κ3) is 2.48. The van der Waals surface area contributed by atoms with Gasteiger partial charge in [0.2, 0.25) is 0 Å². The van der Waals surface area contributed by atoms with E-state index in [-0.39, 0.29) is 11.3 Å². The van der Waals surface area contributed by atoms with E-state index in [1.54, 1.807) is 0 Å². The summed E-state index contributed by atoms with van der Waals surface area (Å²) in [5, 5.41) is 11.2. The van der Waals surface area contributed by atoms with Crippen molar-refractivity contribution in [2.45, 2.75) is 91.1 Å². The summed E-state index contributed by atoms with van der Waals surface area (Å²) in [5.41, 5.74) is 0.437. The number of hydrogen-bond acceptors (Lipinski definition) is 2. The molecule has 8 atom stereocenters. The first-order chi connectivity index (χ1) is 12.1. The van der Waals surface area contributed by atoms with E-state index >= 15 is 0 Å². The number of hydrogen-bond donors (Lipinski definition) is 1. The van der Waals surface area contributed by atoms with Gasteiger partial charge >= 0.3 is 0 Å². The number of carbonyl (C=O) groups excluding carboxylic acids is 1. The largest absolute Gasteiger partial charge is 0.390 e. The van der Waals surface area contributed by atoms with Crippen molar-refractivity contribution in [1.29, 1.82) is 0 Å². The first-order valence-corrected chi connectivity index (χ1v) is 12.0. The van der Waals surface area contributed by atoms with E-state index in [4.69, 9.17) is 0 Å². The van der Waals surface area contributed by atoms with Gasteiger partial charge in [-0.1, -0.05) is 36.7 Å². The number of carbonyl (C=O) groups is 1. The standard InChI is InChI=1S/C23H37BrO2/c1-20(26)11-12-21(2)15(13-20)5-6-17-16(21)7-9-23(4)18(19(25)14-24)8-10-22(17,23)3/h15-18,26H,5-14H2,1-4H3/t15?,16?,17?,18-,20-,21+,22+,23-/m1/s1. The fourth-order valence-electron chi connectivity index (χ4n) is 8.44. The van der Waals surface area contributed by atoms with Crippen LogP contribution in [0.4, 0.5) is 0 Å². The maximum absolute atomic E-state index is 12.7. The number of alkyl halides is 1. The molecule has 0 aromatic heterocycles. The second-order valence-corrected chi connectivity index (χ2v) is 11.8. The molecule has 4 saturated carbocycles. The molecule has 0 radical (unpaired) electrons. The molecule has 3 heteroatoms. The number of rotatable bonds is 2. The lowest BCUT2D eigenvalue weighted by molar-refractivity contribution is -0.175. The van der Waals surface area contributed by atoms with Gasteiger partial charge in [-0.15, -0.1) is 0 Å². The molecular weight excluding hydrogens is 388 g/mol. The lowest BCUT2D eigenvalue weighted by atomic mass is 9.40. The van der Waals surface area contributed by atoms with Gasteiger partial charge in [-0.2, -0.15) is 0 Å². The van der Waals surface area contributed by atoms with Crippen molar-refractivity contribution >= 4 is 21.7 Å². The molecule has 0 aliphatic heterocycles. The summed E-state index contributed by atoms with van der Waals surface area (Å²) in [6.07, 6.45) is 10.5. The summed E-state index contributed by atoms with van der Waals surface area (Å²) < 4.78 is 0. The number of Topliss-reactive ketones (excluding diaryl/α,β-unsaturated/α-hetero) is 1. The first kappa shape index (κ1) is 19.4. The van der Waals surface area contributed by atoms with Crippen LogP contribution in [-0.4, -0.2) is 21.8 Å². The molecule has 26 heavy (non-hydrogen) atoms. The second-order valence-electron chi connectivity index (χ2n) is 11.3. The van der Waals surface area contributed by atoms with E-state index in [0.29, 0.717) is 27.9 Å². The average Bonchev–Trinajstić information content (AvgIpc) is 2.86. The van der Waals surface area contributed by atoms with E-state index in [2.05, 4.69) is 36.7 Å². The molecule has 0 aromatic rings. The molecule has 4 rings (SSSR count). The van der Waals surface area contributed by atoms with Gasteiger partial charge in [0.25, 0.3) is 0 Å². The summed E-state index contributed by atoms with van der Waals surface area (Å²) in [6.45, 7) is 9.58. The van der Waals surface area contributed by atoms with Gasteiger partial charge in [-0.05, 0) is 98.7 Å². The molecule has 2 nitrogen and oxygen atoms in total. The summed E-state index contributed by atoms with van der Waals surface area (Å²) in [6, 6.07) is 0. The molecule has 0 saturated heterocycles. The predicted molar refractivity (Wildman–Crippen MR) is 109 cm³/mol. The highest BCUT2D eigenvalue weighted by atomic mass is 79.9. The summed E-state index contributed by atoms with van der Waals surface area (Å²) >= 11 is 3.44. The van der Waals surface area contributed by atoms with Gasteiger partial charge in [0, 0.05) is 5.92 Å². The van der Waals surface area contributed by atoms with Crippen LogP contribution in [0, 0.1) is 39.9 Å². The Balaban J connectivity index is 1.65. The highest BCUT2D eigenvalue weighted by Gasteiger charge is 2.66. The summed E-state index contributed by atoms with van der Waals surface area (Å²) in [5.74, 6) is 2.92. The molecule has 1 N–H and O–H groups in total. The van der Waals surface area contributed by atoms with Crippen molar-refractivity contribution in [3.05, 3.63) is 0 Å². The van der Waals surface area contributed by atoms with Crippen LogP contribution in [0.5, 0.6) is 0 Å². The third-order valence-corrected chi connectivity index (χ3v) is 10.9. The van der Waals surface area contributed by atoms with E-state index in [1.165, 1.54) is 38.5 Å². The lowest BCUT2D eigenvalue weighted by Gasteiger charge is -2.65. The quantitative estimate of drug-likeness (QED) is 0.572. The maximum Gasteiger partial charge on any atom is 0.147 e. The molecule has 0 aromatic carbocycles. The third-order valence-electron chi connectivity index (χ3n) is 10.3. The number of aliphatic hydroxyl groups is 1. The van der Waals surface area contributed by atoms with Crippen LogP contribution in [0.1, 0.15) is 85.5 Å². The molecular formula is C23H37BrO2. The summed E-state index contributed by atoms with van der Waals surface area (Å²) in [4.78, 5) is 12.7. The minimum Gasteiger partial charge on any atom is -0.390 e. The zero-order valence-electron chi connectivity index (χ0n) is 17.1. The van der Waals surface area contributed by atoms with Crippen molar-refractivity contribution in [2.75, 3.05) is 5.33 Å². The molecule has 0 bridgehead atoms. The SMILES string of the molecule is C[C@@]1(O)CC[C@@]2(C)C(CCC3C2CC[C@]2(C)[C@@H](C(=O)CBr)CC[C@@]32C)C1. The minimum atomic E-state index is -0.454. The smallest absolute Gasteiger partial charge is 0.147 e. The number of ketones is 1. The van der Waals surface area contributed by atoms with E-state index in [0.717, 1.165) is 31.1 Å².